The Balaban J connectivity index is 0.000000845. The summed E-state index contributed by atoms with van der Waals surface area (Å²) >= 11 is 3.46. The molecular formula is C9H13BrCl2N2. The first-order chi connectivity index (χ1) is 5.86. The molecule has 2 rings (SSSR count). The molecule has 1 aliphatic rings. The van der Waals surface area contributed by atoms with Crippen molar-refractivity contribution in [3.8, 4) is 0 Å². The van der Waals surface area contributed by atoms with Gasteiger partial charge in [0, 0.05) is 29.8 Å². The molecule has 0 saturated heterocycles. The fourth-order valence-electron chi connectivity index (χ4n) is 1.38. The lowest BCUT2D eigenvalue weighted by molar-refractivity contribution is 0.725. The van der Waals surface area contributed by atoms with Crippen LogP contribution < -0.4 is 10.6 Å². The van der Waals surface area contributed by atoms with Gasteiger partial charge in [-0.3, -0.25) is 0 Å². The number of hydrogen-bond donors (Lipinski definition) is 2. The van der Waals surface area contributed by atoms with Crippen LogP contribution in [-0.2, 0) is 6.54 Å². The van der Waals surface area contributed by atoms with Gasteiger partial charge in [0.05, 0.1) is 0 Å². The fraction of sp³-hybridized carbons (Fsp3) is 0.333. The highest BCUT2D eigenvalue weighted by atomic mass is 79.9. The van der Waals surface area contributed by atoms with Crippen LogP contribution in [0.3, 0.4) is 0 Å². The van der Waals surface area contributed by atoms with Gasteiger partial charge in [-0.15, -0.1) is 24.8 Å². The third-order valence-electron chi connectivity index (χ3n) is 2.00. The molecule has 2 nitrogen and oxygen atoms in total. The Labute approximate surface area is 105 Å². The van der Waals surface area contributed by atoms with E-state index >= 15 is 0 Å². The van der Waals surface area contributed by atoms with E-state index in [2.05, 4.69) is 44.8 Å². The zero-order chi connectivity index (χ0) is 8.39. The van der Waals surface area contributed by atoms with Crippen molar-refractivity contribution in [2.24, 2.45) is 0 Å². The van der Waals surface area contributed by atoms with Crippen molar-refractivity contribution in [3.05, 3.63) is 28.2 Å². The van der Waals surface area contributed by atoms with E-state index in [1.807, 2.05) is 0 Å². The van der Waals surface area contributed by atoms with Crippen molar-refractivity contribution in [2.75, 3.05) is 18.4 Å². The summed E-state index contributed by atoms with van der Waals surface area (Å²) in [5.41, 5.74) is 2.59. The fourth-order valence-corrected chi connectivity index (χ4v) is 1.74. The second kappa shape index (κ2) is 6.51. The second-order valence-corrected chi connectivity index (χ2v) is 3.82. The molecule has 0 bridgehead atoms. The minimum absolute atomic E-state index is 0. The zero-order valence-electron chi connectivity index (χ0n) is 7.55. The molecule has 0 spiro atoms. The van der Waals surface area contributed by atoms with Crippen LogP contribution in [0.1, 0.15) is 5.56 Å². The number of fused-ring (bicyclic) bond motifs is 1. The first kappa shape index (κ1) is 14.0. The Bertz CT molecular complexity index is 294. The third-order valence-corrected chi connectivity index (χ3v) is 2.50. The molecule has 0 aromatic heterocycles. The minimum atomic E-state index is 0. The summed E-state index contributed by atoms with van der Waals surface area (Å²) in [4.78, 5) is 0. The molecule has 2 N–H and O–H groups in total. The molecule has 1 aromatic rings. The van der Waals surface area contributed by atoms with Crippen LogP contribution in [-0.4, -0.2) is 13.1 Å². The summed E-state index contributed by atoms with van der Waals surface area (Å²) in [6.07, 6.45) is 0. The van der Waals surface area contributed by atoms with Gasteiger partial charge in [-0.1, -0.05) is 22.0 Å². The van der Waals surface area contributed by atoms with Gasteiger partial charge in [-0.25, -0.2) is 0 Å². The van der Waals surface area contributed by atoms with Crippen LogP contribution in [0.4, 0.5) is 5.69 Å². The summed E-state index contributed by atoms with van der Waals surface area (Å²) < 4.78 is 1.13. The molecule has 14 heavy (non-hydrogen) atoms. The number of anilines is 1. The van der Waals surface area contributed by atoms with Gasteiger partial charge in [-0.05, 0) is 17.7 Å². The van der Waals surface area contributed by atoms with Gasteiger partial charge in [0.2, 0.25) is 0 Å². The smallest absolute Gasteiger partial charge is 0.0397 e. The lowest BCUT2D eigenvalue weighted by Crippen LogP contribution is -2.16. The van der Waals surface area contributed by atoms with Crippen LogP contribution in [0.15, 0.2) is 22.7 Å². The monoisotopic (exact) mass is 298 g/mol. The molecule has 0 amide bonds. The molecular weight excluding hydrogens is 287 g/mol. The van der Waals surface area contributed by atoms with Crippen molar-refractivity contribution in [1.82, 2.24) is 5.32 Å². The maximum absolute atomic E-state index is 3.46. The molecule has 1 aliphatic heterocycles. The average Bonchev–Trinajstić information content (AvgIpc) is 2.28. The lowest BCUT2D eigenvalue weighted by atomic mass is 10.2. The van der Waals surface area contributed by atoms with Crippen molar-refractivity contribution in [3.63, 3.8) is 0 Å². The third kappa shape index (κ3) is 3.31. The van der Waals surface area contributed by atoms with Gasteiger partial charge < -0.3 is 10.6 Å². The molecule has 5 heteroatoms. The highest BCUT2D eigenvalue weighted by Crippen LogP contribution is 2.21. The van der Waals surface area contributed by atoms with E-state index in [1.54, 1.807) is 0 Å². The summed E-state index contributed by atoms with van der Waals surface area (Å²) in [6.45, 7) is 3.01. The van der Waals surface area contributed by atoms with Crippen LogP contribution >= 0.6 is 40.7 Å². The SMILES string of the molecule is Brc1ccc2c(c1)NCCNC2.Cl.Cl. The molecule has 0 saturated carbocycles. The molecule has 0 radical (unpaired) electrons. The second-order valence-electron chi connectivity index (χ2n) is 2.91. The number of rotatable bonds is 0. The topological polar surface area (TPSA) is 24.1 Å². The first-order valence-corrected chi connectivity index (χ1v) is 4.88. The Hall–Kier alpha value is 0.0400. The van der Waals surface area contributed by atoms with E-state index in [0.717, 1.165) is 24.1 Å². The molecule has 1 aromatic carbocycles. The van der Waals surface area contributed by atoms with Gasteiger partial charge in [0.1, 0.15) is 0 Å². The standard InChI is InChI=1S/C9H11BrN2.2ClH/c10-8-2-1-7-6-11-3-4-12-9(7)5-8;;/h1-2,5,11-12H,3-4,6H2;2*1H. The van der Waals surface area contributed by atoms with Crippen molar-refractivity contribution < 1.29 is 0 Å². The number of benzene rings is 1. The number of halogens is 3. The van der Waals surface area contributed by atoms with E-state index in [1.165, 1.54) is 11.3 Å². The summed E-state index contributed by atoms with van der Waals surface area (Å²) in [7, 11) is 0. The average molecular weight is 300 g/mol. The van der Waals surface area contributed by atoms with Gasteiger partial charge in [0.25, 0.3) is 0 Å². The van der Waals surface area contributed by atoms with Crippen LogP contribution in [0, 0.1) is 0 Å². The largest absolute Gasteiger partial charge is 0.383 e. The van der Waals surface area contributed by atoms with Crippen LogP contribution in [0.25, 0.3) is 0 Å². The van der Waals surface area contributed by atoms with Crippen molar-refractivity contribution in [2.45, 2.75) is 6.54 Å². The highest BCUT2D eigenvalue weighted by Gasteiger charge is 2.05. The molecule has 0 aliphatic carbocycles. The number of nitrogens with one attached hydrogen (secondary N) is 2. The molecule has 80 valence electrons. The Kier molecular flexibility index (Phi) is 6.53. The normalized spacial score (nSPS) is 13.8. The predicted molar refractivity (Wildman–Crippen MR) is 68.8 cm³/mol. The van der Waals surface area contributed by atoms with Gasteiger partial charge in [-0.2, -0.15) is 0 Å². The maximum Gasteiger partial charge on any atom is 0.0397 e. The van der Waals surface area contributed by atoms with E-state index < -0.39 is 0 Å². The van der Waals surface area contributed by atoms with Gasteiger partial charge >= 0.3 is 0 Å². The van der Waals surface area contributed by atoms with E-state index in [4.69, 9.17) is 0 Å². The quantitative estimate of drug-likeness (QED) is 0.770. The Morgan fingerprint density at radius 1 is 1.14 bits per heavy atom. The van der Waals surface area contributed by atoms with E-state index in [9.17, 15) is 0 Å². The van der Waals surface area contributed by atoms with Crippen molar-refractivity contribution >= 4 is 46.4 Å². The summed E-state index contributed by atoms with van der Waals surface area (Å²) in [5, 5.41) is 6.72. The van der Waals surface area contributed by atoms with E-state index in [-0.39, 0.29) is 24.8 Å². The summed E-state index contributed by atoms with van der Waals surface area (Å²) in [6, 6.07) is 6.35. The lowest BCUT2D eigenvalue weighted by Gasteiger charge is -2.06. The van der Waals surface area contributed by atoms with E-state index in [0.29, 0.717) is 0 Å². The maximum atomic E-state index is 3.46. The highest BCUT2D eigenvalue weighted by molar-refractivity contribution is 9.10. The van der Waals surface area contributed by atoms with Crippen LogP contribution in [0.2, 0.25) is 0 Å². The molecule has 1 heterocycles. The van der Waals surface area contributed by atoms with Crippen molar-refractivity contribution in [1.29, 1.82) is 0 Å². The minimum Gasteiger partial charge on any atom is -0.383 e. The predicted octanol–water partition coefficient (Wildman–Crippen LogP) is 2.81. The summed E-state index contributed by atoms with van der Waals surface area (Å²) in [5.74, 6) is 0. The molecule has 0 unspecified atom stereocenters. The Morgan fingerprint density at radius 2 is 1.93 bits per heavy atom. The molecule has 0 atom stereocenters. The van der Waals surface area contributed by atoms with Gasteiger partial charge in [0.15, 0.2) is 0 Å². The van der Waals surface area contributed by atoms with Crippen LogP contribution in [0.5, 0.6) is 0 Å². The first-order valence-electron chi connectivity index (χ1n) is 4.09. The Morgan fingerprint density at radius 3 is 2.71 bits per heavy atom. The number of hydrogen-bond acceptors (Lipinski definition) is 2. The zero-order valence-corrected chi connectivity index (χ0v) is 10.8. The molecule has 0 fully saturated rings.